The molecule has 0 aliphatic heterocycles. The molecule has 0 aliphatic rings. The van der Waals surface area contributed by atoms with Crippen molar-refractivity contribution in [3.05, 3.63) is 115 Å². The monoisotopic (exact) mass is 449 g/mol. The minimum Gasteiger partial charge on any atom is -0.456 e. The van der Waals surface area contributed by atoms with Crippen LogP contribution in [-0.2, 0) is 0 Å². The second-order valence-electron chi connectivity index (χ2n) is 8.51. The molecule has 0 saturated heterocycles. The summed E-state index contributed by atoms with van der Waals surface area (Å²) in [5.41, 5.74) is 4.58. The van der Waals surface area contributed by atoms with E-state index in [9.17, 15) is 0 Å². The first-order valence-electron chi connectivity index (χ1n) is 11.5. The van der Waals surface area contributed by atoms with Crippen LogP contribution in [0.5, 0.6) is 0 Å². The van der Waals surface area contributed by atoms with Crippen LogP contribution in [0, 0.1) is 0 Å². The fraction of sp³-hybridized carbons (Fsp3) is 0. The maximum absolute atomic E-state index is 6.02. The minimum absolute atomic E-state index is 0.633. The molecule has 0 radical (unpaired) electrons. The van der Waals surface area contributed by atoms with Crippen molar-refractivity contribution in [3.8, 4) is 34.2 Å². The Labute approximate surface area is 201 Å². The van der Waals surface area contributed by atoms with Gasteiger partial charge in [-0.1, -0.05) is 91.0 Å². The summed E-state index contributed by atoms with van der Waals surface area (Å²) < 4.78 is 6.02. The van der Waals surface area contributed by atoms with Crippen LogP contribution in [0.25, 0.3) is 66.9 Å². The molecule has 7 aromatic rings. The van der Waals surface area contributed by atoms with Crippen LogP contribution in [0.1, 0.15) is 0 Å². The third-order valence-electron chi connectivity index (χ3n) is 6.33. The van der Waals surface area contributed by atoms with Crippen molar-refractivity contribution in [2.24, 2.45) is 0 Å². The van der Waals surface area contributed by atoms with Crippen molar-refractivity contribution >= 4 is 32.7 Å². The second-order valence-corrected chi connectivity index (χ2v) is 8.51. The average Bonchev–Trinajstić information content (AvgIpc) is 3.31. The van der Waals surface area contributed by atoms with E-state index >= 15 is 0 Å². The highest BCUT2D eigenvalue weighted by atomic mass is 16.3. The minimum atomic E-state index is 0.633. The number of aromatic nitrogens is 3. The van der Waals surface area contributed by atoms with E-state index in [1.165, 1.54) is 0 Å². The highest BCUT2D eigenvalue weighted by molar-refractivity contribution is 6.06. The van der Waals surface area contributed by atoms with Crippen LogP contribution < -0.4 is 0 Å². The van der Waals surface area contributed by atoms with E-state index < -0.39 is 0 Å². The summed E-state index contributed by atoms with van der Waals surface area (Å²) in [4.78, 5) is 14.8. The lowest BCUT2D eigenvalue weighted by molar-refractivity contribution is 0.669. The molecule has 5 aromatic carbocycles. The topological polar surface area (TPSA) is 51.8 Å². The summed E-state index contributed by atoms with van der Waals surface area (Å²) in [5.74, 6) is 1.94. The Hall–Kier alpha value is -4.83. The quantitative estimate of drug-likeness (QED) is 0.275. The van der Waals surface area contributed by atoms with Gasteiger partial charge >= 0.3 is 0 Å². The largest absolute Gasteiger partial charge is 0.456 e. The van der Waals surface area contributed by atoms with Crippen molar-refractivity contribution in [3.63, 3.8) is 0 Å². The molecule has 0 unspecified atom stereocenters. The van der Waals surface area contributed by atoms with Crippen molar-refractivity contribution in [1.29, 1.82) is 0 Å². The molecule has 35 heavy (non-hydrogen) atoms. The molecule has 164 valence electrons. The van der Waals surface area contributed by atoms with Gasteiger partial charge in [-0.05, 0) is 35.0 Å². The van der Waals surface area contributed by atoms with Crippen LogP contribution in [0.4, 0.5) is 0 Å². The third-order valence-corrected chi connectivity index (χ3v) is 6.33. The number of hydrogen-bond acceptors (Lipinski definition) is 4. The van der Waals surface area contributed by atoms with Crippen molar-refractivity contribution in [1.82, 2.24) is 15.0 Å². The Morgan fingerprint density at radius 1 is 0.429 bits per heavy atom. The highest BCUT2D eigenvalue weighted by Gasteiger charge is 2.15. The number of hydrogen-bond donors (Lipinski definition) is 0. The van der Waals surface area contributed by atoms with Gasteiger partial charge in [-0.15, -0.1) is 0 Å². The van der Waals surface area contributed by atoms with Crippen LogP contribution in [0.15, 0.2) is 120 Å². The second kappa shape index (κ2) is 7.89. The molecule has 2 aromatic heterocycles. The first-order valence-corrected chi connectivity index (χ1v) is 11.5. The van der Waals surface area contributed by atoms with Gasteiger partial charge < -0.3 is 4.42 Å². The normalized spacial score (nSPS) is 11.4. The van der Waals surface area contributed by atoms with Gasteiger partial charge in [0.1, 0.15) is 11.2 Å². The summed E-state index contributed by atoms with van der Waals surface area (Å²) in [6, 6.07) is 38.8. The van der Waals surface area contributed by atoms with Crippen molar-refractivity contribution < 1.29 is 4.42 Å². The zero-order valence-electron chi connectivity index (χ0n) is 18.7. The first-order chi connectivity index (χ1) is 17.3. The lowest BCUT2D eigenvalue weighted by atomic mass is 10.0. The van der Waals surface area contributed by atoms with Crippen molar-refractivity contribution in [2.75, 3.05) is 0 Å². The van der Waals surface area contributed by atoms with E-state index in [0.29, 0.717) is 17.5 Å². The zero-order valence-corrected chi connectivity index (χ0v) is 18.7. The first kappa shape index (κ1) is 19.6. The van der Waals surface area contributed by atoms with Gasteiger partial charge in [0, 0.05) is 27.5 Å². The summed E-state index contributed by atoms with van der Waals surface area (Å²) in [7, 11) is 0. The van der Waals surface area contributed by atoms with Gasteiger partial charge in [-0.2, -0.15) is 0 Å². The zero-order chi connectivity index (χ0) is 23.2. The van der Waals surface area contributed by atoms with E-state index in [1.807, 2.05) is 78.9 Å². The number of fused-ring (bicyclic) bond motifs is 4. The fourth-order valence-corrected chi connectivity index (χ4v) is 4.63. The number of nitrogens with zero attached hydrogens (tertiary/aromatic N) is 3. The van der Waals surface area contributed by atoms with E-state index in [-0.39, 0.29) is 0 Å². The van der Waals surface area contributed by atoms with E-state index in [4.69, 9.17) is 19.4 Å². The summed E-state index contributed by atoms with van der Waals surface area (Å²) in [5, 5.41) is 4.39. The van der Waals surface area contributed by atoms with Crippen LogP contribution in [-0.4, -0.2) is 15.0 Å². The standard InChI is InChI=1S/C31H19N3O/c1-2-10-21(11-3-1)29-32-30(22-17-18-28-26(19-22)24-14-6-7-16-27(24)35-28)34-31(33-29)25-15-8-12-20-9-4-5-13-23(20)25/h1-19H. The molecular weight excluding hydrogens is 430 g/mol. The molecule has 0 aliphatic carbocycles. The van der Waals surface area contributed by atoms with E-state index in [0.717, 1.165) is 49.4 Å². The Morgan fingerprint density at radius 3 is 1.97 bits per heavy atom. The van der Waals surface area contributed by atoms with E-state index in [1.54, 1.807) is 0 Å². The molecule has 0 spiro atoms. The Kier molecular flexibility index (Phi) is 4.42. The SMILES string of the molecule is c1ccc(-c2nc(-c3ccc4oc5ccccc5c4c3)nc(-c3cccc4ccccc34)n2)cc1. The summed E-state index contributed by atoms with van der Waals surface area (Å²) in [6.45, 7) is 0. The Morgan fingerprint density at radius 2 is 1.09 bits per heavy atom. The van der Waals surface area contributed by atoms with Crippen LogP contribution >= 0.6 is 0 Å². The molecule has 4 heteroatoms. The van der Waals surface area contributed by atoms with Crippen LogP contribution in [0.2, 0.25) is 0 Å². The van der Waals surface area contributed by atoms with E-state index in [2.05, 4.69) is 36.4 Å². The molecule has 0 N–H and O–H groups in total. The molecular formula is C31H19N3O. The van der Waals surface area contributed by atoms with Crippen molar-refractivity contribution in [2.45, 2.75) is 0 Å². The number of para-hydroxylation sites is 1. The fourth-order valence-electron chi connectivity index (χ4n) is 4.63. The van der Waals surface area contributed by atoms with Gasteiger partial charge in [0.2, 0.25) is 0 Å². The van der Waals surface area contributed by atoms with Crippen LogP contribution in [0.3, 0.4) is 0 Å². The molecule has 7 rings (SSSR count). The lowest BCUT2D eigenvalue weighted by Gasteiger charge is -2.10. The number of rotatable bonds is 3. The smallest absolute Gasteiger partial charge is 0.164 e. The van der Waals surface area contributed by atoms with Gasteiger partial charge in [-0.25, -0.2) is 15.0 Å². The molecule has 0 fully saturated rings. The predicted octanol–water partition coefficient (Wildman–Crippen LogP) is 7.93. The summed E-state index contributed by atoms with van der Waals surface area (Å²) in [6.07, 6.45) is 0. The molecule has 0 saturated carbocycles. The van der Waals surface area contributed by atoms with Gasteiger partial charge in [0.05, 0.1) is 0 Å². The predicted molar refractivity (Wildman–Crippen MR) is 141 cm³/mol. The highest BCUT2D eigenvalue weighted by Crippen LogP contribution is 2.33. The number of benzene rings is 5. The molecule has 4 nitrogen and oxygen atoms in total. The maximum Gasteiger partial charge on any atom is 0.164 e. The number of furan rings is 1. The summed E-state index contributed by atoms with van der Waals surface area (Å²) >= 11 is 0. The molecule has 0 atom stereocenters. The average molecular weight is 450 g/mol. The lowest BCUT2D eigenvalue weighted by Crippen LogP contribution is -2.00. The molecule has 0 bridgehead atoms. The van der Waals surface area contributed by atoms with Gasteiger partial charge in [0.15, 0.2) is 17.5 Å². The molecule has 2 heterocycles. The van der Waals surface area contributed by atoms with Gasteiger partial charge in [-0.3, -0.25) is 0 Å². The Balaban J connectivity index is 1.48. The Bertz CT molecular complexity index is 1850. The van der Waals surface area contributed by atoms with Gasteiger partial charge in [0.25, 0.3) is 0 Å². The third kappa shape index (κ3) is 3.35. The maximum atomic E-state index is 6.02. The molecule has 0 amide bonds.